The van der Waals surface area contributed by atoms with Crippen LogP contribution in [-0.4, -0.2) is 36.1 Å². The molecule has 0 spiro atoms. The summed E-state index contributed by atoms with van der Waals surface area (Å²) in [5.74, 6) is 0.333. The molecule has 1 aromatic heterocycles. The van der Waals surface area contributed by atoms with Crippen molar-refractivity contribution in [3.05, 3.63) is 17.8 Å². The van der Waals surface area contributed by atoms with Crippen molar-refractivity contribution in [3.8, 4) is 0 Å². The smallest absolute Gasteiger partial charge is 0.413 e. The molecule has 1 amide bonds. The first-order valence-corrected chi connectivity index (χ1v) is 7.59. The number of carbonyl (C=O) groups is 2. The van der Waals surface area contributed by atoms with E-state index >= 15 is 0 Å². The van der Waals surface area contributed by atoms with Gasteiger partial charge in [0.1, 0.15) is 17.1 Å². The summed E-state index contributed by atoms with van der Waals surface area (Å²) in [6.45, 7) is 7.28. The van der Waals surface area contributed by atoms with Gasteiger partial charge in [-0.3, -0.25) is 10.1 Å². The van der Waals surface area contributed by atoms with E-state index in [-0.39, 0.29) is 0 Å². The second-order valence-corrected chi connectivity index (χ2v) is 6.43. The van der Waals surface area contributed by atoms with Gasteiger partial charge in [0.15, 0.2) is 6.29 Å². The monoisotopic (exact) mass is 305 g/mol. The predicted octanol–water partition coefficient (Wildman–Crippen LogP) is 3.23. The fraction of sp³-hybridized carbons (Fsp3) is 0.562. The molecule has 1 saturated heterocycles. The Hall–Kier alpha value is -2.11. The van der Waals surface area contributed by atoms with Crippen molar-refractivity contribution in [3.63, 3.8) is 0 Å². The van der Waals surface area contributed by atoms with Crippen molar-refractivity contribution in [2.24, 2.45) is 0 Å². The number of nitrogens with one attached hydrogen (secondary N) is 1. The highest BCUT2D eigenvalue weighted by atomic mass is 16.6. The minimum atomic E-state index is -0.581. The second-order valence-electron chi connectivity index (χ2n) is 6.43. The maximum Gasteiger partial charge on any atom is 0.413 e. The van der Waals surface area contributed by atoms with Gasteiger partial charge >= 0.3 is 6.09 Å². The van der Waals surface area contributed by atoms with Gasteiger partial charge in [-0.25, -0.2) is 9.78 Å². The van der Waals surface area contributed by atoms with Gasteiger partial charge < -0.3 is 9.64 Å². The molecule has 1 N–H and O–H groups in total. The lowest BCUT2D eigenvalue weighted by atomic mass is 10.1. The first-order valence-electron chi connectivity index (χ1n) is 7.59. The minimum Gasteiger partial charge on any atom is -0.444 e. The van der Waals surface area contributed by atoms with Crippen LogP contribution in [0.3, 0.4) is 0 Å². The van der Waals surface area contributed by atoms with Crippen LogP contribution in [-0.2, 0) is 4.74 Å². The molecular formula is C16H23N3O3. The fourth-order valence-corrected chi connectivity index (χ4v) is 2.40. The molecule has 22 heavy (non-hydrogen) atoms. The average Bonchev–Trinajstić information content (AvgIpc) is 2.45. The summed E-state index contributed by atoms with van der Waals surface area (Å²) < 4.78 is 5.21. The van der Waals surface area contributed by atoms with Gasteiger partial charge in [-0.1, -0.05) is 0 Å². The Morgan fingerprint density at radius 1 is 1.27 bits per heavy atom. The Morgan fingerprint density at radius 2 is 1.95 bits per heavy atom. The molecule has 120 valence electrons. The van der Waals surface area contributed by atoms with E-state index in [2.05, 4.69) is 15.2 Å². The highest BCUT2D eigenvalue weighted by Gasteiger charge is 2.18. The molecule has 1 aliphatic rings. The summed E-state index contributed by atoms with van der Waals surface area (Å²) >= 11 is 0. The zero-order valence-corrected chi connectivity index (χ0v) is 13.4. The molecule has 2 heterocycles. The first-order chi connectivity index (χ1) is 10.4. The molecule has 0 bridgehead atoms. The predicted molar refractivity (Wildman–Crippen MR) is 85.5 cm³/mol. The van der Waals surface area contributed by atoms with Gasteiger partial charge in [-0.15, -0.1) is 0 Å². The molecule has 0 radical (unpaired) electrons. The molecule has 6 nitrogen and oxygen atoms in total. The van der Waals surface area contributed by atoms with Crippen LogP contribution in [0.5, 0.6) is 0 Å². The molecule has 1 fully saturated rings. The summed E-state index contributed by atoms with van der Waals surface area (Å²) in [4.78, 5) is 29.2. The number of amides is 1. The maximum atomic E-state index is 11.8. The van der Waals surface area contributed by atoms with E-state index in [0.29, 0.717) is 17.8 Å². The fourth-order valence-electron chi connectivity index (χ4n) is 2.40. The molecule has 0 aromatic carbocycles. The first kappa shape index (κ1) is 16.3. The lowest BCUT2D eigenvalue weighted by Crippen LogP contribution is -2.30. The Bertz CT molecular complexity index is 546. The number of rotatable bonds is 3. The number of carbonyl (C=O) groups excluding carboxylic acids is 2. The zero-order valence-electron chi connectivity index (χ0n) is 13.4. The van der Waals surface area contributed by atoms with E-state index in [1.54, 1.807) is 32.9 Å². The normalized spacial score (nSPS) is 15.3. The highest BCUT2D eigenvalue weighted by molar-refractivity contribution is 5.86. The van der Waals surface area contributed by atoms with Crippen LogP contribution in [0.2, 0.25) is 0 Å². The van der Waals surface area contributed by atoms with Crippen LogP contribution in [0.1, 0.15) is 50.5 Å². The highest BCUT2D eigenvalue weighted by Crippen LogP contribution is 2.23. The molecule has 0 atom stereocenters. The SMILES string of the molecule is CC(C)(C)OC(=O)Nc1cc(N2CCCCC2)cc(C=O)n1. The molecule has 2 rings (SSSR count). The van der Waals surface area contributed by atoms with E-state index in [1.165, 1.54) is 6.42 Å². The molecule has 6 heteroatoms. The summed E-state index contributed by atoms with van der Waals surface area (Å²) in [5, 5.41) is 2.59. The molecule has 0 aliphatic carbocycles. The molecular weight excluding hydrogens is 282 g/mol. The number of hydrogen-bond acceptors (Lipinski definition) is 5. The van der Waals surface area contributed by atoms with E-state index in [9.17, 15) is 9.59 Å². The average molecular weight is 305 g/mol. The summed E-state index contributed by atoms with van der Waals surface area (Å²) in [6.07, 6.45) is 3.60. The van der Waals surface area contributed by atoms with Crippen LogP contribution in [0, 0.1) is 0 Å². The zero-order chi connectivity index (χ0) is 16.2. The Morgan fingerprint density at radius 3 is 2.55 bits per heavy atom. The Kier molecular flexibility index (Phi) is 5.00. The lowest BCUT2D eigenvalue weighted by Gasteiger charge is -2.29. The number of piperidine rings is 1. The van der Waals surface area contributed by atoms with Crippen molar-refractivity contribution < 1.29 is 14.3 Å². The van der Waals surface area contributed by atoms with Crippen LogP contribution >= 0.6 is 0 Å². The topological polar surface area (TPSA) is 71.5 Å². The summed E-state index contributed by atoms with van der Waals surface area (Å²) in [7, 11) is 0. The summed E-state index contributed by atoms with van der Waals surface area (Å²) in [6, 6.07) is 3.53. The number of pyridine rings is 1. The van der Waals surface area contributed by atoms with Gasteiger partial charge in [0.05, 0.1) is 0 Å². The van der Waals surface area contributed by atoms with E-state index < -0.39 is 11.7 Å². The van der Waals surface area contributed by atoms with Crippen molar-refractivity contribution in [1.82, 2.24) is 4.98 Å². The Balaban J connectivity index is 2.16. The van der Waals surface area contributed by atoms with E-state index in [1.807, 2.05) is 0 Å². The van der Waals surface area contributed by atoms with Crippen molar-refractivity contribution in [2.45, 2.75) is 45.6 Å². The summed E-state index contributed by atoms with van der Waals surface area (Å²) in [5.41, 5.74) is 0.624. The van der Waals surface area contributed by atoms with Crippen LogP contribution in [0.15, 0.2) is 12.1 Å². The van der Waals surface area contributed by atoms with E-state index in [4.69, 9.17) is 4.74 Å². The number of anilines is 2. The van der Waals surface area contributed by atoms with Crippen molar-refractivity contribution in [1.29, 1.82) is 0 Å². The van der Waals surface area contributed by atoms with Gasteiger partial charge in [0, 0.05) is 24.8 Å². The van der Waals surface area contributed by atoms with Gasteiger partial charge in [-0.05, 0) is 46.1 Å². The molecule has 0 saturated carbocycles. The van der Waals surface area contributed by atoms with E-state index in [0.717, 1.165) is 31.6 Å². The molecule has 1 aromatic rings. The minimum absolute atomic E-state index is 0.300. The lowest BCUT2D eigenvalue weighted by molar-refractivity contribution is 0.0635. The third kappa shape index (κ3) is 4.72. The van der Waals surface area contributed by atoms with Crippen molar-refractivity contribution in [2.75, 3.05) is 23.3 Å². The number of aromatic nitrogens is 1. The van der Waals surface area contributed by atoms with Crippen LogP contribution in [0.4, 0.5) is 16.3 Å². The van der Waals surface area contributed by atoms with Crippen LogP contribution in [0.25, 0.3) is 0 Å². The second kappa shape index (κ2) is 6.77. The number of nitrogens with zero attached hydrogens (tertiary/aromatic N) is 2. The number of ether oxygens (including phenoxy) is 1. The number of hydrogen-bond donors (Lipinski definition) is 1. The van der Waals surface area contributed by atoms with Crippen LogP contribution < -0.4 is 10.2 Å². The van der Waals surface area contributed by atoms with Crippen molar-refractivity contribution >= 4 is 23.9 Å². The quantitative estimate of drug-likeness (QED) is 0.868. The molecule has 0 unspecified atom stereocenters. The van der Waals surface area contributed by atoms with Gasteiger partial charge in [0.2, 0.25) is 0 Å². The largest absolute Gasteiger partial charge is 0.444 e. The number of aldehydes is 1. The molecule has 1 aliphatic heterocycles. The third-order valence-corrected chi connectivity index (χ3v) is 3.30. The van der Waals surface area contributed by atoms with Gasteiger partial charge in [0.25, 0.3) is 0 Å². The van der Waals surface area contributed by atoms with Gasteiger partial charge in [-0.2, -0.15) is 0 Å². The standard InChI is InChI=1S/C16H23N3O3/c1-16(2,3)22-15(21)18-14-10-13(9-12(11-20)17-14)19-7-5-4-6-8-19/h9-11H,4-8H2,1-3H3,(H,17,18,21). The maximum absolute atomic E-state index is 11.8. The third-order valence-electron chi connectivity index (χ3n) is 3.30. The Labute approximate surface area is 130 Å².